The standard InChI is InChI=1S/C10H10BrNO2/c1-7-2-3-8(11)6-9(7)12-5-4-10(13)14/h2-6,12H,1H3,(H,13,14)/b5-4+. The number of aryl methyl sites for hydroxylation is 1. The lowest BCUT2D eigenvalue weighted by molar-refractivity contribution is -0.131. The van der Waals surface area contributed by atoms with Crippen LogP contribution in [0.5, 0.6) is 0 Å². The molecule has 0 spiro atoms. The largest absolute Gasteiger partial charge is 0.478 e. The second-order valence-electron chi connectivity index (χ2n) is 2.78. The molecule has 0 saturated carbocycles. The Labute approximate surface area is 90.6 Å². The molecule has 0 heterocycles. The van der Waals surface area contributed by atoms with Crippen molar-refractivity contribution in [2.45, 2.75) is 6.92 Å². The maximum Gasteiger partial charge on any atom is 0.329 e. The lowest BCUT2D eigenvalue weighted by atomic mass is 10.2. The van der Waals surface area contributed by atoms with Crippen molar-refractivity contribution in [2.24, 2.45) is 0 Å². The first-order chi connectivity index (χ1) is 6.59. The van der Waals surface area contributed by atoms with Gasteiger partial charge in [-0.3, -0.25) is 0 Å². The Morgan fingerprint density at radius 2 is 2.29 bits per heavy atom. The average molecular weight is 256 g/mol. The van der Waals surface area contributed by atoms with Crippen LogP contribution >= 0.6 is 15.9 Å². The van der Waals surface area contributed by atoms with Crippen molar-refractivity contribution in [2.75, 3.05) is 5.32 Å². The van der Waals surface area contributed by atoms with E-state index in [1.54, 1.807) is 0 Å². The molecule has 74 valence electrons. The third kappa shape index (κ3) is 3.22. The summed E-state index contributed by atoms with van der Waals surface area (Å²) in [6.45, 7) is 1.95. The second-order valence-corrected chi connectivity index (χ2v) is 3.69. The molecular weight excluding hydrogens is 246 g/mol. The monoisotopic (exact) mass is 255 g/mol. The van der Waals surface area contributed by atoms with Crippen LogP contribution in [0.3, 0.4) is 0 Å². The van der Waals surface area contributed by atoms with Gasteiger partial charge >= 0.3 is 5.97 Å². The molecule has 1 aromatic rings. The minimum Gasteiger partial charge on any atom is -0.478 e. The molecule has 1 rings (SSSR count). The number of hydrogen-bond donors (Lipinski definition) is 2. The highest BCUT2D eigenvalue weighted by Crippen LogP contribution is 2.20. The maximum atomic E-state index is 10.2. The molecular formula is C10H10BrNO2. The Morgan fingerprint density at radius 1 is 1.57 bits per heavy atom. The van der Waals surface area contributed by atoms with Gasteiger partial charge in [0.05, 0.1) is 0 Å². The molecule has 0 aliphatic heterocycles. The third-order valence-corrected chi connectivity index (χ3v) is 2.16. The zero-order valence-electron chi connectivity index (χ0n) is 7.62. The summed E-state index contributed by atoms with van der Waals surface area (Å²) in [5, 5.41) is 11.3. The number of hydrogen-bond acceptors (Lipinski definition) is 2. The van der Waals surface area contributed by atoms with Gasteiger partial charge in [-0.15, -0.1) is 0 Å². The first kappa shape index (κ1) is 10.8. The number of nitrogens with one attached hydrogen (secondary N) is 1. The van der Waals surface area contributed by atoms with Crippen molar-refractivity contribution < 1.29 is 9.90 Å². The van der Waals surface area contributed by atoms with Crippen molar-refractivity contribution in [1.82, 2.24) is 0 Å². The number of halogens is 1. The summed E-state index contributed by atoms with van der Waals surface area (Å²) in [5.41, 5.74) is 1.94. The van der Waals surface area contributed by atoms with Crippen LogP contribution < -0.4 is 5.32 Å². The Hall–Kier alpha value is -1.29. The lowest BCUT2D eigenvalue weighted by Crippen LogP contribution is -1.94. The van der Waals surface area contributed by atoms with E-state index in [0.29, 0.717) is 0 Å². The summed E-state index contributed by atoms with van der Waals surface area (Å²) in [4.78, 5) is 10.2. The van der Waals surface area contributed by atoms with Crippen molar-refractivity contribution in [1.29, 1.82) is 0 Å². The van der Waals surface area contributed by atoms with Crippen molar-refractivity contribution >= 4 is 27.6 Å². The molecule has 0 unspecified atom stereocenters. The highest BCUT2D eigenvalue weighted by molar-refractivity contribution is 9.10. The van der Waals surface area contributed by atoms with Crippen LogP contribution in [0, 0.1) is 6.92 Å². The van der Waals surface area contributed by atoms with Crippen LogP contribution in [0.1, 0.15) is 5.56 Å². The summed E-state index contributed by atoms with van der Waals surface area (Å²) in [6.07, 6.45) is 2.46. The van der Waals surface area contributed by atoms with Crippen LogP contribution in [0.15, 0.2) is 34.9 Å². The molecule has 3 nitrogen and oxygen atoms in total. The minimum atomic E-state index is -0.967. The van der Waals surface area contributed by atoms with Gasteiger partial charge in [0.1, 0.15) is 0 Å². The highest BCUT2D eigenvalue weighted by Gasteiger charge is 1.96. The van der Waals surface area contributed by atoms with E-state index in [9.17, 15) is 4.79 Å². The molecule has 4 heteroatoms. The quantitative estimate of drug-likeness (QED) is 0.817. The van der Waals surface area contributed by atoms with Gasteiger partial charge in [0.15, 0.2) is 0 Å². The molecule has 14 heavy (non-hydrogen) atoms. The smallest absolute Gasteiger partial charge is 0.329 e. The minimum absolute atomic E-state index is 0.886. The number of carboxylic acid groups (broad SMARTS) is 1. The van der Waals surface area contributed by atoms with E-state index in [-0.39, 0.29) is 0 Å². The first-order valence-electron chi connectivity index (χ1n) is 4.02. The molecule has 0 aromatic heterocycles. The average Bonchev–Trinajstić information content (AvgIpc) is 2.10. The molecule has 0 atom stereocenters. The topological polar surface area (TPSA) is 49.3 Å². The van der Waals surface area contributed by atoms with E-state index in [0.717, 1.165) is 21.8 Å². The fourth-order valence-electron chi connectivity index (χ4n) is 0.952. The van der Waals surface area contributed by atoms with Crippen LogP contribution in [-0.4, -0.2) is 11.1 Å². The van der Waals surface area contributed by atoms with Gasteiger partial charge in [0.25, 0.3) is 0 Å². The number of anilines is 1. The van der Waals surface area contributed by atoms with E-state index < -0.39 is 5.97 Å². The van der Waals surface area contributed by atoms with Gasteiger partial charge in [-0.05, 0) is 24.6 Å². The predicted octanol–water partition coefficient (Wildman–Crippen LogP) is 2.77. The van der Waals surface area contributed by atoms with Crippen molar-refractivity contribution in [3.63, 3.8) is 0 Å². The lowest BCUT2D eigenvalue weighted by Gasteiger charge is -2.04. The molecule has 0 aliphatic rings. The van der Waals surface area contributed by atoms with E-state index in [1.807, 2.05) is 25.1 Å². The van der Waals surface area contributed by atoms with Crippen LogP contribution in [0.2, 0.25) is 0 Å². The van der Waals surface area contributed by atoms with E-state index in [4.69, 9.17) is 5.11 Å². The van der Waals surface area contributed by atoms with Crippen LogP contribution in [0.25, 0.3) is 0 Å². The second kappa shape index (κ2) is 4.81. The predicted molar refractivity (Wildman–Crippen MR) is 59.3 cm³/mol. The number of rotatable bonds is 3. The van der Waals surface area contributed by atoms with Gasteiger partial charge in [-0.1, -0.05) is 22.0 Å². The Morgan fingerprint density at radius 3 is 2.93 bits per heavy atom. The summed E-state index contributed by atoms with van der Waals surface area (Å²) >= 11 is 3.34. The van der Waals surface area contributed by atoms with E-state index >= 15 is 0 Å². The molecule has 0 saturated heterocycles. The fraction of sp³-hybridized carbons (Fsp3) is 0.100. The van der Waals surface area contributed by atoms with Crippen LogP contribution in [0.4, 0.5) is 5.69 Å². The highest BCUT2D eigenvalue weighted by atomic mass is 79.9. The van der Waals surface area contributed by atoms with Gasteiger partial charge in [-0.25, -0.2) is 4.79 Å². The molecule has 0 bridgehead atoms. The fourth-order valence-corrected chi connectivity index (χ4v) is 1.31. The van der Waals surface area contributed by atoms with Gasteiger partial charge in [-0.2, -0.15) is 0 Å². The van der Waals surface area contributed by atoms with Gasteiger partial charge in [0, 0.05) is 22.4 Å². The number of carboxylic acids is 1. The normalized spacial score (nSPS) is 10.4. The third-order valence-electron chi connectivity index (χ3n) is 1.66. The molecule has 2 N–H and O–H groups in total. The molecule has 0 radical (unpaired) electrons. The molecule has 0 fully saturated rings. The van der Waals surface area contributed by atoms with Crippen LogP contribution in [-0.2, 0) is 4.79 Å². The SMILES string of the molecule is Cc1ccc(Br)cc1N/C=C/C(=O)O. The molecule has 0 aliphatic carbocycles. The van der Waals surface area contributed by atoms with Gasteiger partial charge < -0.3 is 10.4 Å². The molecule has 1 aromatic carbocycles. The van der Waals surface area contributed by atoms with E-state index in [2.05, 4.69) is 21.2 Å². The zero-order chi connectivity index (χ0) is 10.6. The summed E-state index contributed by atoms with van der Waals surface area (Å²) in [6, 6.07) is 5.77. The van der Waals surface area contributed by atoms with Crippen molar-refractivity contribution in [3.8, 4) is 0 Å². The summed E-state index contributed by atoms with van der Waals surface area (Å²) in [5.74, 6) is -0.967. The number of aliphatic carboxylic acids is 1. The summed E-state index contributed by atoms with van der Waals surface area (Å²) in [7, 11) is 0. The summed E-state index contributed by atoms with van der Waals surface area (Å²) < 4.78 is 0.953. The van der Waals surface area contributed by atoms with Crippen molar-refractivity contribution in [3.05, 3.63) is 40.5 Å². The number of carbonyl (C=O) groups is 1. The molecule has 0 amide bonds. The Kier molecular flexibility index (Phi) is 3.71. The maximum absolute atomic E-state index is 10.2. The van der Waals surface area contributed by atoms with E-state index in [1.165, 1.54) is 6.20 Å². The zero-order valence-corrected chi connectivity index (χ0v) is 9.21. The Bertz CT molecular complexity index is 374. The number of benzene rings is 1. The Balaban J connectivity index is 2.76. The first-order valence-corrected chi connectivity index (χ1v) is 4.81. The van der Waals surface area contributed by atoms with Gasteiger partial charge in [0.2, 0.25) is 0 Å².